The van der Waals surface area contributed by atoms with Crippen LogP contribution in [-0.2, 0) is 0 Å². The average Bonchev–Trinajstić information content (AvgIpc) is 2.47. The highest BCUT2D eigenvalue weighted by molar-refractivity contribution is 4.89. The van der Waals surface area contributed by atoms with Crippen molar-refractivity contribution in [2.24, 2.45) is 5.73 Å². The molecule has 0 spiro atoms. The van der Waals surface area contributed by atoms with E-state index in [0.29, 0.717) is 6.54 Å². The first kappa shape index (κ1) is 10.9. The van der Waals surface area contributed by atoms with E-state index < -0.39 is 6.43 Å². The molecule has 78 valence electrons. The average molecular weight is 192 g/mol. The van der Waals surface area contributed by atoms with E-state index in [4.69, 9.17) is 5.73 Å². The van der Waals surface area contributed by atoms with Crippen LogP contribution in [0.15, 0.2) is 0 Å². The highest BCUT2D eigenvalue weighted by atomic mass is 19.3. The Balaban J connectivity index is 2.04. The standard InChI is InChI=1S/C9H18F2N2/c10-8(11)7-13-6-5-9(12)3-1-2-4-9/h8,13H,1-7,12H2. The quantitative estimate of drug-likeness (QED) is 0.648. The number of hydrogen-bond acceptors (Lipinski definition) is 2. The second-order valence-corrected chi connectivity index (χ2v) is 3.91. The lowest BCUT2D eigenvalue weighted by Gasteiger charge is -2.23. The summed E-state index contributed by atoms with van der Waals surface area (Å²) in [4.78, 5) is 0. The lowest BCUT2D eigenvalue weighted by atomic mass is 9.95. The maximum absolute atomic E-state index is 11.7. The predicted molar refractivity (Wildman–Crippen MR) is 48.9 cm³/mol. The van der Waals surface area contributed by atoms with Crippen LogP contribution < -0.4 is 11.1 Å². The third-order valence-electron chi connectivity index (χ3n) is 2.70. The topological polar surface area (TPSA) is 38.0 Å². The Morgan fingerprint density at radius 1 is 1.31 bits per heavy atom. The van der Waals surface area contributed by atoms with Gasteiger partial charge in [-0.2, -0.15) is 0 Å². The fourth-order valence-corrected chi connectivity index (χ4v) is 1.88. The second kappa shape index (κ2) is 4.86. The monoisotopic (exact) mass is 192 g/mol. The van der Waals surface area contributed by atoms with Crippen molar-refractivity contribution in [3.8, 4) is 0 Å². The van der Waals surface area contributed by atoms with Gasteiger partial charge in [0, 0.05) is 5.54 Å². The van der Waals surface area contributed by atoms with E-state index in [1.165, 1.54) is 12.8 Å². The van der Waals surface area contributed by atoms with Crippen LogP contribution in [0.25, 0.3) is 0 Å². The molecule has 0 aromatic carbocycles. The molecule has 2 nitrogen and oxygen atoms in total. The van der Waals surface area contributed by atoms with E-state index >= 15 is 0 Å². The van der Waals surface area contributed by atoms with Gasteiger partial charge in [0.1, 0.15) is 0 Å². The number of hydrogen-bond donors (Lipinski definition) is 2. The molecule has 1 fully saturated rings. The van der Waals surface area contributed by atoms with Crippen molar-refractivity contribution >= 4 is 0 Å². The Labute approximate surface area is 77.9 Å². The fraction of sp³-hybridized carbons (Fsp3) is 1.00. The largest absolute Gasteiger partial charge is 0.325 e. The molecular weight excluding hydrogens is 174 g/mol. The van der Waals surface area contributed by atoms with Gasteiger partial charge in [0.15, 0.2) is 0 Å². The Morgan fingerprint density at radius 2 is 1.92 bits per heavy atom. The molecule has 3 N–H and O–H groups in total. The number of nitrogens with two attached hydrogens (primary N) is 1. The summed E-state index contributed by atoms with van der Waals surface area (Å²) in [6.07, 6.45) is 3.03. The van der Waals surface area contributed by atoms with Crippen LogP contribution in [-0.4, -0.2) is 25.1 Å². The summed E-state index contributed by atoms with van der Waals surface area (Å²) in [5.41, 5.74) is 5.97. The van der Waals surface area contributed by atoms with Crippen molar-refractivity contribution < 1.29 is 8.78 Å². The highest BCUT2D eigenvalue weighted by Gasteiger charge is 2.28. The zero-order valence-corrected chi connectivity index (χ0v) is 7.86. The molecule has 1 rings (SSSR count). The summed E-state index contributed by atoms with van der Waals surface area (Å²) in [6, 6.07) is 0. The molecule has 0 saturated heterocycles. The van der Waals surface area contributed by atoms with Gasteiger partial charge in [-0.3, -0.25) is 0 Å². The number of halogens is 2. The number of rotatable bonds is 5. The smallest absolute Gasteiger partial charge is 0.250 e. The van der Waals surface area contributed by atoms with Crippen molar-refractivity contribution in [1.29, 1.82) is 0 Å². The van der Waals surface area contributed by atoms with Crippen molar-refractivity contribution in [2.75, 3.05) is 13.1 Å². The molecule has 0 aliphatic heterocycles. The number of alkyl halides is 2. The fourth-order valence-electron chi connectivity index (χ4n) is 1.88. The number of nitrogens with one attached hydrogen (secondary N) is 1. The summed E-state index contributed by atoms with van der Waals surface area (Å²) in [7, 11) is 0. The minimum Gasteiger partial charge on any atom is -0.325 e. The van der Waals surface area contributed by atoms with Gasteiger partial charge in [0.2, 0.25) is 0 Å². The first-order valence-corrected chi connectivity index (χ1v) is 4.90. The van der Waals surface area contributed by atoms with Gasteiger partial charge in [0.25, 0.3) is 6.43 Å². The van der Waals surface area contributed by atoms with Crippen LogP contribution in [0.5, 0.6) is 0 Å². The molecule has 1 aliphatic rings. The summed E-state index contributed by atoms with van der Waals surface area (Å²) in [6.45, 7) is 0.400. The predicted octanol–water partition coefficient (Wildman–Crippen LogP) is 1.50. The van der Waals surface area contributed by atoms with E-state index in [-0.39, 0.29) is 12.1 Å². The maximum atomic E-state index is 11.7. The zero-order valence-electron chi connectivity index (χ0n) is 7.86. The van der Waals surface area contributed by atoms with E-state index in [1.807, 2.05) is 0 Å². The van der Waals surface area contributed by atoms with Crippen LogP contribution in [0, 0.1) is 0 Å². The minimum absolute atomic E-state index is 0.0743. The lowest BCUT2D eigenvalue weighted by Crippen LogP contribution is -2.40. The maximum Gasteiger partial charge on any atom is 0.250 e. The molecule has 0 atom stereocenters. The van der Waals surface area contributed by atoms with Crippen LogP contribution in [0.3, 0.4) is 0 Å². The Morgan fingerprint density at radius 3 is 2.46 bits per heavy atom. The molecule has 0 amide bonds. The molecule has 4 heteroatoms. The molecule has 1 saturated carbocycles. The van der Waals surface area contributed by atoms with Gasteiger partial charge in [-0.1, -0.05) is 12.8 Å². The van der Waals surface area contributed by atoms with Crippen molar-refractivity contribution in [1.82, 2.24) is 5.32 Å². The van der Waals surface area contributed by atoms with Gasteiger partial charge >= 0.3 is 0 Å². The first-order valence-electron chi connectivity index (χ1n) is 4.90. The second-order valence-electron chi connectivity index (χ2n) is 3.91. The van der Waals surface area contributed by atoms with E-state index in [0.717, 1.165) is 19.3 Å². The molecule has 0 radical (unpaired) electrons. The van der Waals surface area contributed by atoms with E-state index in [2.05, 4.69) is 5.32 Å². The Kier molecular flexibility index (Phi) is 4.06. The Hall–Kier alpha value is -0.220. The molecule has 0 aromatic rings. The summed E-state index contributed by atoms with van der Waals surface area (Å²) < 4.78 is 23.5. The summed E-state index contributed by atoms with van der Waals surface area (Å²) >= 11 is 0. The molecule has 13 heavy (non-hydrogen) atoms. The van der Waals surface area contributed by atoms with E-state index in [9.17, 15) is 8.78 Å². The third kappa shape index (κ3) is 4.00. The molecule has 1 aliphatic carbocycles. The van der Waals surface area contributed by atoms with Gasteiger partial charge < -0.3 is 11.1 Å². The summed E-state index contributed by atoms with van der Waals surface area (Å²) in [5, 5.41) is 2.71. The summed E-state index contributed by atoms with van der Waals surface area (Å²) in [5.74, 6) is 0. The zero-order chi connectivity index (χ0) is 9.73. The van der Waals surface area contributed by atoms with E-state index in [1.54, 1.807) is 0 Å². The molecule has 0 aromatic heterocycles. The molecule has 0 unspecified atom stereocenters. The van der Waals surface area contributed by atoms with Crippen LogP contribution in [0.2, 0.25) is 0 Å². The molecular formula is C9H18F2N2. The van der Waals surface area contributed by atoms with Crippen LogP contribution in [0.4, 0.5) is 8.78 Å². The SMILES string of the molecule is NC1(CCNCC(F)F)CCCC1. The van der Waals surface area contributed by atoms with Gasteiger partial charge in [-0.15, -0.1) is 0 Å². The third-order valence-corrected chi connectivity index (χ3v) is 2.70. The van der Waals surface area contributed by atoms with Gasteiger partial charge in [-0.25, -0.2) is 8.78 Å². The Bertz CT molecular complexity index is 145. The van der Waals surface area contributed by atoms with Gasteiger partial charge in [0.05, 0.1) is 6.54 Å². The first-order chi connectivity index (χ1) is 6.12. The lowest BCUT2D eigenvalue weighted by molar-refractivity contribution is 0.145. The van der Waals surface area contributed by atoms with Crippen LogP contribution in [0.1, 0.15) is 32.1 Å². The minimum atomic E-state index is -2.25. The van der Waals surface area contributed by atoms with Crippen LogP contribution >= 0.6 is 0 Å². The van der Waals surface area contributed by atoms with Crippen molar-refractivity contribution in [2.45, 2.75) is 44.1 Å². The molecule has 0 heterocycles. The normalized spacial score (nSPS) is 21.2. The van der Waals surface area contributed by atoms with Crippen molar-refractivity contribution in [3.63, 3.8) is 0 Å². The van der Waals surface area contributed by atoms with Gasteiger partial charge in [-0.05, 0) is 25.8 Å². The highest BCUT2D eigenvalue weighted by Crippen LogP contribution is 2.29. The van der Waals surface area contributed by atoms with Crippen molar-refractivity contribution in [3.05, 3.63) is 0 Å². The molecule has 0 bridgehead atoms.